The highest BCUT2D eigenvalue weighted by molar-refractivity contribution is 7.17. The summed E-state index contributed by atoms with van der Waals surface area (Å²) in [6.07, 6.45) is 0. The maximum atomic E-state index is 12.5. The molecule has 0 saturated carbocycles. The van der Waals surface area contributed by atoms with Gasteiger partial charge in [-0.1, -0.05) is 23.7 Å². The number of hydrogen-bond acceptors (Lipinski definition) is 3. The largest absolute Gasteiger partial charge is 0.337 e. The summed E-state index contributed by atoms with van der Waals surface area (Å²) in [4.78, 5) is 16.0. The predicted octanol–water partition coefficient (Wildman–Crippen LogP) is 3.80. The average molecular weight is 323 g/mol. The van der Waals surface area contributed by atoms with Crippen LogP contribution in [0.4, 0.5) is 0 Å². The number of hydrogen-bond donors (Lipinski definition) is 1. The number of carbonyl (C=O) groups excluding carboxylic acids is 1. The standard InChI is InChI=1S/C16H19ClN2OS/c1-10-7-14(16(20)19(3)11(2)9-18)21-15(10)12-5-4-6-13(17)8-12/h4-8,11H,9,18H2,1-3H3. The molecule has 2 rings (SSSR count). The maximum absolute atomic E-state index is 12.5. The molecule has 0 radical (unpaired) electrons. The molecule has 0 aliphatic rings. The number of rotatable bonds is 4. The zero-order chi connectivity index (χ0) is 15.6. The van der Waals surface area contributed by atoms with Gasteiger partial charge in [-0.25, -0.2) is 0 Å². The summed E-state index contributed by atoms with van der Waals surface area (Å²) in [5, 5.41) is 0.696. The van der Waals surface area contributed by atoms with Crippen LogP contribution >= 0.6 is 22.9 Å². The summed E-state index contributed by atoms with van der Waals surface area (Å²) in [6.45, 7) is 4.40. The Morgan fingerprint density at radius 2 is 2.14 bits per heavy atom. The molecule has 112 valence electrons. The van der Waals surface area contributed by atoms with Crippen molar-refractivity contribution in [2.24, 2.45) is 5.73 Å². The molecule has 0 spiro atoms. The van der Waals surface area contributed by atoms with E-state index in [2.05, 4.69) is 0 Å². The first-order chi connectivity index (χ1) is 9.93. The van der Waals surface area contributed by atoms with Crippen molar-refractivity contribution < 1.29 is 4.79 Å². The van der Waals surface area contributed by atoms with E-state index >= 15 is 0 Å². The summed E-state index contributed by atoms with van der Waals surface area (Å²) < 4.78 is 0. The predicted molar refractivity (Wildman–Crippen MR) is 90.1 cm³/mol. The van der Waals surface area contributed by atoms with Crippen LogP contribution < -0.4 is 5.73 Å². The van der Waals surface area contributed by atoms with Crippen LogP contribution in [-0.4, -0.2) is 30.4 Å². The Balaban J connectivity index is 2.33. The fourth-order valence-corrected chi connectivity index (χ4v) is 3.38. The lowest BCUT2D eigenvalue weighted by Gasteiger charge is -2.22. The van der Waals surface area contributed by atoms with Crippen molar-refractivity contribution in [1.29, 1.82) is 0 Å². The number of benzene rings is 1. The molecule has 3 nitrogen and oxygen atoms in total. The van der Waals surface area contributed by atoms with Gasteiger partial charge in [-0.3, -0.25) is 4.79 Å². The molecular weight excluding hydrogens is 304 g/mol. The van der Waals surface area contributed by atoms with Crippen molar-refractivity contribution in [3.8, 4) is 10.4 Å². The number of nitrogens with two attached hydrogens (primary N) is 1. The molecule has 0 aliphatic heterocycles. The van der Waals surface area contributed by atoms with Crippen LogP contribution in [0.2, 0.25) is 5.02 Å². The van der Waals surface area contributed by atoms with Crippen molar-refractivity contribution in [1.82, 2.24) is 4.90 Å². The highest BCUT2D eigenvalue weighted by Gasteiger charge is 2.20. The molecule has 0 fully saturated rings. The monoisotopic (exact) mass is 322 g/mol. The Labute approximate surface area is 134 Å². The van der Waals surface area contributed by atoms with Crippen molar-refractivity contribution in [2.75, 3.05) is 13.6 Å². The van der Waals surface area contributed by atoms with E-state index in [0.717, 1.165) is 20.9 Å². The number of nitrogens with zero attached hydrogens (tertiary/aromatic N) is 1. The first kappa shape index (κ1) is 16.0. The van der Waals surface area contributed by atoms with Crippen LogP contribution in [0.5, 0.6) is 0 Å². The summed E-state index contributed by atoms with van der Waals surface area (Å²) >= 11 is 7.54. The second kappa shape index (κ2) is 6.60. The van der Waals surface area contributed by atoms with Crippen molar-refractivity contribution in [3.63, 3.8) is 0 Å². The van der Waals surface area contributed by atoms with Crippen LogP contribution in [0, 0.1) is 6.92 Å². The molecule has 0 bridgehead atoms. The molecule has 1 amide bonds. The Morgan fingerprint density at radius 3 is 2.76 bits per heavy atom. The van der Waals surface area contributed by atoms with Gasteiger partial charge in [-0.2, -0.15) is 0 Å². The lowest BCUT2D eigenvalue weighted by Crippen LogP contribution is -2.39. The molecule has 1 aromatic heterocycles. The number of likely N-dealkylation sites (N-methyl/N-ethyl adjacent to an activating group) is 1. The fraction of sp³-hybridized carbons (Fsp3) is 0.312. The molecule has 21 heavy (non-hydrogen) atoms. The minimum Gasteiger partial charge on any atom is -0.337 e. The van der Waals surface area contributed by atoms with Gasteiger partial charge < -0.3 is 10.6 Å². The van der Waals surface area contributed by atoms with Gasteiger partial charge in [0.1, 0.15) is 0 Å². The maximum Gasteiger partial charge on any atom is 0.263 e. The third kappa shape index (κ3) is 3.46. The van der Waals surface area contributed by atoms with Gasteiger partial charge in [-0.05, 0) is 43.2 Å². The first-order valence-electron chi connectivity index (χ1n) is 6.77. The van der Waals surface area contributed by atoms with Gasteiger partial charge in [0, 0.05) is 29.5 Å². The lowest BCUT2D eigenvalue weighted by atomic mass is 10.1. The first-order valence-corrected chi connectivity index (χ1v) is 7.97. The summed E-state index contributed by atoms with van der Waals surface area (Å²) in [5.74, 6) is 0.00864. The normalized spacial score (nSPS) is 12.2. The Bertz CT molecular complexity index is 653. The van der Waals surface area contributed by atoms with E-state index < -0.39 is 0 Å². The number of thiophene rings is 1. The summed E-state index contributed by atoms with van der Waals surface area (Å²) in [5.41, 5.74) is 7.75. The molecule has 2 aromatic rings. The zero-order valence-corrected chi connectivity index (χ0v) is 14.0. The molecule has 1 unspecified atom stereocenters. The van der Waals surface area contributed by atoms with E-state index in [-0.39, 0.29) is 11.9 Å². The van der Waals surface area contributed by atoms with Gasteiger partial charge in [0.25, 0.3) is 5.91 Å². The Hall–Kier alpha value is -1.36. The van der Waals surface area contributed by atoms with Gasteiger partial charge in [0.2, 0.25) is 0 Å². The fourth-order valence-electron chi connectivity index (χ4n) is 2.04. The second-order valence-corrected chi connectivity index (χ2v) is 6.62. The van der Waals surface area contributed by atoms with Gasteiger partial charge in [0.05, 0.1) is 4.88 Å². The molecule has 5 heteroatoms. The molecule has 0 aliphatic carbocycles. The molecule has 1 aromatic carbocycles. The number of halogens is 1. The highest BCUT2D eigenvalue weighted by atomic mass is 35.5. The van der Waals surface area contributed by atoms with Gasteiger partial charge in [0.15, 0.2) is 0 Å². The molecule has 1 atom stereocenters. The minimum absolute atomic E-state index is 0.00864. The van der Waals surface area contributed by atoms with Gasteiger partial charge in [-0.15, -0.1) is 11.3 Å². The molecule has 1 heterocycles. The van der Waals surface area contributed by atoms with Crippen LogP contribution in [0.3, 0.4) is 0 Å². The van der Waals surface area contributed by atoms with E-state index in [1.165, 1.54) is 11.3 Å². The van der Waals surface area contributed by atoms with Crippen molar-refractivity contribution >= 4 is 28.8 Å². The number of amides is 1. The van der Waals surface area contributed by atoms with E-state index in [9.17, 15) is 4.79 Å². The molecular formula is C16H19ClN2OS. The third-order valence-corrected chi connectivity index (χ3v) is 5.05. The van der Waals surface area contributed by atoms with E-state index in [0.29, 0.717) is 11.6 Å². The zero-order valence-electron chi connectivity index (χ0n) is 12.4. The van der Waals surface area contributed by atoms with Crippen LogP contribution in [-0.2, 0) is 0 Å². The lowest BCUT2D eigenvalue weighted by molar-refractivity contribution is 0.0753. The quantitative estimate of drug-likeness (QED) is 0.930. The SMILES string of the molecule is Cc1cc(C(=O)N(C)C(C)CN)sc1-c1cccc(Cl)c1. The van der Waals surface area contributed by atoms with E-state index in [1.54, 1.807) is 11.9 Å². The number of aryl methyl sites for hydroxylation is 1. The second-order valence-electron chi connectivity index (χ2n) is 5.13. The topological polar surface area (TPSA) is 46.3 Å². The van der Waals surface area contributed by atoms with Crippen molar-refractivity contribution in [3.05, 3.63) is 45.8 Å². The van der Waals surface area contributed by atoms with Gasteiger partial charge >= 0.3 is 0 Å². The molecule has 2 N–H and O–H groups in total. The van der Waals surface area contributed by atoms with E-state index in [1.807, 2.05) is 44.2 Å². The Kier molecular flexibility index (Phi) is 5.04. The average Bonchev–Trinajstić information content (AvgIpc) is 2.86. The van der Waals surface area contributed by atoms with Crippen LogP contribution in [0.1, 0.15) is 22.2 Å². The third-order valence-electron chi connectivity index (χ3n) is 3.54. The molecule has 0 saturated heterocycles. The van der Waals surface area contributed by atoms with Crippen LogP contribution in [0.15, 0.2) is 30.3 Å². The summed E-state index contributed by atoms with van der Waals surface area (Å²) in [7, 11) is 1.79. The summed E-state index contributed by atoms with van der Waals surface area (Å²) in [6, 6.07) is 9.64. The minimum atomic E-state index is 0.00864. The van der Waals surface area contributed by atoms with Crippen LogP contribution in [0.25, 0.3) is 10.4 Å². The number of carbonyl (C=O) groups is 1. The Morgan fingerprint density at radius 1 is 1.43 bits per heavy atom. The van der Waals surface area contributed by atoms with Crippen molar-refractivity contribution in [2.45, 2.75) is 19.9 Å². The van der Waals surface area contributed by atoms with E-state index in [4.69, 9.17) is 17.3 Å². The smallest absolute Gasteiger partial charge is 0.263 e. The highest BCUT2D eigenvalue weighted by Crippen LogP contribution is 2.34.